The first-order valence-electron chi connectivity index (χ1n) is 18.2. The van der Waals surface area contributed by atoms with Gasteiger partial charge in [0.05, 0.1) is 52.4 Å². The van der Waals surface area contributed by atoms with Gasteiger partial charge in [0, 0.05) is 10.4 Å². The van der Waals surface area contributed by atoms with E-state index < -0.39 is 22.7 Å². The summed E-state index contributed by atoms with van der Waals surface area (Å²) in [6.45, 7) is 30.0. The van der Waals surface area contributed by atoms with Gasteiger partial charge in [-0.3, -0.25) is 8.42 Å². The van der Waals surface area contributed by atoms with Gasteiger partial charge in [-0.25, -0.2) is 9.59 Å². The number of quaternary nitrogens is 2. The number of rotatable bonds is 24. The second-order valence-corrected chi connectivity index (χ2v) is 13.1. The second-order valence-electron chi connectivity index (χ2n) is 12.3. The second kappa shape index (κ2) is 54.3. The third kappa shape index (κ3) is 73.9. The molecule has 12 nitrogen and oxygen atoms in total. The average molecular weight is 858 g/mol. The van der Waals surface area contributed by atoms with Crippen LogP contribution in [0.2, 0.25) is 0 Å². The van der Waals surface area contributed by atoms with Crippen LogP contribution in [0.1, 0.15) is 158 Å². The van der Waals surface area contributed by atoms with Crippen molar-refractivity contribution in [1.82, 2.24) is 0 Å². The van der Waals surface area contributed by atoms with Crippen LogP contribution < -0.4 is 0 Å². The first-order valence-corrected chi connectivity index (χ1v) is 19.5. The fourth-order valence-electron chi connectivity index (χ4n) is 5.29. The zero-order valence-corrected chi connectivity index (χ0v) is 34.8. The molecule has 0 saturated heterocycles. The van der Waals surface area contributed by atoms with Gasteiger partial charge >= 0.3 is 115 Å². The summed E-state index contributed by atoms with van der Waals surface area (Å²) in [6, 6.07) is 0. The van der Waals surface area contributed by atoms with Crippen molar-refractivity contribution in [2.24, 2.45) is 0 Å². The summed E-state index contributed by atoms with van der Waals surface area (Å²) in [5.74, 6) is 0. The van der Waals surface area contributed by atoms with Crippen molar-refractivity contribution in [3.63, 3.8) is 0 Å². The van der Waals surface area contributed by atoms with E-state index in [-0.39, 0.29) is 128 Å². The third-order valence-corrected chi connectivity index (χ3v) is 7.89. The molecule has 0 rings (SSSR count). The summed E-state index contributed by atoms with van der Waals surface area (Å²) in [5.41, 5.74) is 0. The fourth-order valence-corrected chi connectivity index (χ4v) is 5.29. The predicted molar refractivity (Wildman–Crippen MR) is 219 cm³/mol. The molecule has 0 spiro atoms. The number of hydrogen-bond acceptors (Lipinski definition) is 6. The minimum atomic E-state index is -5.17. The Morgan fingerprint density at radius 3 is 0.549 bits per heavy atom. The Labute approximate surface area is 411 Å². The van der Waals surface area contributed by atoms with Crippen molar-refractivity contribution in [2.75, 3.05) is 52.4 Å². The molecule has 0 atom stereocenters. The van der Waals surface area contributed by atoms with Crippen LogP contribution in [0.4, 0.5) is 9.59 Å². The number of nitrogens with zero attached hydrogens (tertiary/aromatic N) is 2. The summed E-state index contributed by atoms with van der Waals surface area (Å²) < 4.78 is 36.9. The molecule has 308 valence electrons. The Morgan fingerprint density at radius 1 is 0.412 bits per heavy atom. The third-order valence-electron chi connectivity index (χ3n) is 7.89. The molecule has 4 N–H and O–H groups in total. The predicted octanol–water partition coefficient (Wildman–Crippen LogP) is 8.66. The molecule has 0 aromatic carbocycles. The monoisotopic (exact) mass is 856 g/mol. The van der Waals surface area contributed by atoms with E-state index in [1.165, 1.54) is 164 Å². The molecule has 0 radical (unpaired) electrons. The zero-order valence-electron chi connectivity index (χ0n) is 32.3. The summed E-state index contributed by atoms with van der Waals surface area (Å²) in [5, 5.41) is 27.9. The Bertz CT molecular complexity index is 653. The summed E-state index contributed by atoms with van der Waals surface area (Å²) >= 11 is 0. The van der Waals surface area contributed by atoms with Gasteiger partial charge in [0.25, 0.3) is 0 Å². The molecule has 0 bridgehead atoms. The molecular weight excluding hydrogens is 778 g/mol. The van der Waals surface area contributed by atoms with Crippen LogP contribution in [0.15, 0.2) is 0 Å². The molecule has 0 fully saturated rings. The maximum atomic E-state index is 8.56. The van der Waals surface area contributed by atoms with E-state index in [1.54, 1.807) is 0 Å². The van der Waals surface area contributed by atoms with Gasteiger partial charge < -0.3 is 38.5 Å². The molecule has 51 heavy (non-hydrogen) atoms. The molecule has 0 saturated carbocycles. The Kier molecular flexibility index (Phi) is 79.0. The zero-order chi connectivity index (χ0) is 37.6. The van der Waals surface area contributed by atoms with Gasteiger partial charge in [0.15, 0.2) is 0 Å². The molecule has 0 aromatic heterocycles. The molecule has 0 aliphatic heterocycles. The van der Waals surface area contributed by atoms with E-state index in [0.29, 0.717) is 0 Å². The number of halogens is 2. The molecule has 0 aliphatic carbocycles. The first-order chi connectivity index (χ1) is 21.9. The van der Waals surface area contributed by atoms with Crippen molar-refractivity contribution >= 4 is 150 Å². The van der Waals surface area contributed by atoms with E-state index in [1.807, 2.05) is 0 Å². The van der Waals surface area contributed by atoms with Crippen molar-refractivity contribution in [3.8, 4) is 0 Å². The van der Waals surface area contributed by atoms with Crippen molar-refractivity contribution in [3.05, 3.63) is 0 Å². The summed E-state index contributed by atoms with van der Waals surface area (Å²) in [4.78, 5) is 17.1. The van der Waals surface area contributed by atoms with Gasteiger partial charge in [-0.2, -0.15) is 0 Å². The van der Waals surface area contributed by atoms with E-state index in [4.69, 9.17) is 47.5 Å². The number of carboxylic acid groups (broad SMARTS) is 4. The Hall–Kier alpha value is 2.18. The summed E-state index contributed by atoms with van der Waals surface area (Å²) in [7, 11) is -5.17. The Balaban J connectivity index is -0.0000000693. The average Bonchev–Trinajstić information content (AvgIpc) is 2.98. The van der Waals surface area contributed by atoms with Crippen LogP contribution in [-0.4, -0.2) is 214 Å². The van der Waals surface area contributed by atoms with Gasteiger partial charge in [0.2, 0.25) is 0 Å². The van der Waals surface area contributed by atoms with Crippen molar-refractivity contribution < 1.29 is 56.5 Å². The fraction of sp³-hybridized carbons (Fsp3) is 0.941. The number of hydrogen-bond donors (Lipinski definition) is 4. The quantitative estimate of drug-likeness (QED) is 0.0316. The minimum absolute atomic E-state index is 0. The molecule has 0 amide bonds. The van der Waals surface area contributed by atoms with Gasteiger partial charge in [0.1, 0.15) is 0 Å². The number of unbranched alkanes of at least 4 members (excludes halogenated alkanes) is 8. The van der Waals surface area contributed by atoms with Crippen LogP contribution in [0, 0.1) is 0 Å². The van der Waals surface area contributed by atoms with Crippen LogP contribution in [-0.2, 0) is 10.4 Å². The standard InChI is InChI=1S/2C16H36N.2CH2O3.2ClH.2K.H2O4S.2H/c2*1-5-9-13-17(14-10-6-2,15-11-7-3)16-12-8-4;2*2-1(3)4;;;;;1-5(2,3)4;;/h2*5-16H2,1-4H3;2*(H2,2,3,4);2*1H;;;(H2,1,2,3,4);;/q2*+1;;;;;;;;;/p-2. The van der Waals surface area contributed by atoms with Gasteiger partial charge in [-0.05, 0) is 51.4 Å². The van der Waals surface area contributed by atoms with Crippen LogP contribution in [0.5, 0.6) is 0 Å². The van der Waals surface area contributed by atoms with Gasteiger partial charge in [-0.15, -0.1) is 24.8 Å². The molecule has 0 aromatic rings. The van der Waals surface area contributed by atoms with Crippen LogP contribution in [0.3, 0.4) is 0 Å². The normalized spacial score (nSPS) is 10.1. The number of carbonyl (C=O) groups is 2. The van der Waals surface area contributed by atoms with Gasteiger partial charge in [-0.1, -0.05) is 107 Å². The van der Waals surface area contributed by atoms with E-state index in [9.17, 15) is 0 Å². The van der Waals surface area contributed by atoms with Crippen LogP contribution in [0.25, 0.3) is 0 Å². The molecule has 17 heteroatoms. The summed E-state index contributed by atoms with van der Waals surface area (Å²) in [6.07, 6.45) is 18.5. The van der Waals surface area contributed by atoms with Crippen molar-refractivity contribution in [1.29, 1.82) is 0 Å². The van der Waals surface area contributed by atoms with Crippen LogP contribution >= 0.6 is 24.8 Å². The molecule has 0 heterocycles. The first kappa shape index (κ1) is 74.2. The van der Waals surface area contributed by atoms with Crippen molar-refractivity contribution in [2.45, 2.75) is 158 Å². The van der Waals surface area contributed by atoms with E-state index in [0.717, 1.165) is 0 Å². The van der Waals surface area contributed by atoms with E-state index in [2.05, 4.69) is 55.4 Å². The molecule has 0 unspecified atom stereocenters. The topological polar surface area (TPSA) is 195 Å². The SMILES string of the molecule is CCCC[N+](CCCC)(CCCC)CCCC.CCCC[N+](CCCC)(CCCC)CCCC.Cl.Cl.O=C(O)O.O=C(O)O.O=S(=O)([O-])[O-].[KH].[KH]. The maximum absolute atomic E-state index is 8.56. The Morgan fingerprint density at radius 2 is 0.490 bits per heavy atom. The van der Waals surface area contributed by atoms with E-state index >= 15 is 0 Å². The molecular formula is C34H80Cl2K2N2O10S. The molecule has 0 aliphatic rings.